The minimum Gasteiger partial charge on any atom is -0.456 e. The molecule has 0 N–H and O–H groups in total. The Hall–Kier alpha value is -16.5. The first-order valence-electron chi connectivity index (χ1n) is 34.0. The maximum absolute atomic E-state index is 7.64. The van der Waals surface area contributed by atoms with Gasteiger partial charge in [-0.2, -0.15) is 0 Å². The highest BCUT2D eigenvalue weighted by Crippen LogP contribution is 2.47. The first-order chi connectivity index (χ1) is 53.2. The van der Waals surface area contributed by atoms with Gasteiger partial charge in [0.1, 0.15) is 55.8 Å². The fourth-order valence-corrected chi connectivity index (χ4v) is 16.4. The van der Waals surface area contributed by atoms with E-state index >= 15 is 0 Å². The fourth-order valence-electron chi connectivity index (χ4n) is 16.4. The lowest BCUT2D eigenvalue weighted by Gasteiger charge is -2.02. The Morgan fingerprint density at radius 2 is 0.657 bits per heavy atom. The monoisotopic (exact) mass is 1390 g/mol. The highest BCUT2D eigenvalue weighted by molar-refractivity contribution is 6.12. The van der Waals surface area contributed by atoms with E-state index in [1.807, 2.05) is 141 Å². The van der Waals surface area contributed by atoms with Gasteiger partial charge in [0.2, 0.25) is 59.0 Å². The average Bonchev–Trinajstić information content (AvgIpc) is 1.57. The van der Waals surface area contributed by atoms with Gasteiger partial charge in [-0.15, -0.1) is 37.5 Å². The van der Waals surface area contributed by atoms with E-state index in [9.17, 15) is 0 Å². The van der Waals surface area contributed by atoms with Crippen molar-refractivity contribution < 1.29 is 36.4 Å². The molecule has 0 bridgehead atoms. The van der Waals surface area contributed by atoms with Gasteiger partial charge in [0.05, 0.1) is 85.2 Å². The van der Waals surface area contributed by atoms with E-state index in [4.69, 9.17) is 70.2 Å². The second kappa shape index (κ2) is 22.5. The zero-order valence-corrected chi connectivity index (χ0v) is 56.1. The third-order valence-electron chi connectivity index (χ3n) is 20.9. The maximum atomic E-state index is 7.64. The normalized spacial score (nSPS) is 12.2. The van der Waals surface area contributed by atoms with Gasteiger partial charge in [-0.05, 0) is 72.8 Å². The second-order valence-electron chi connectivity index (χ2n) is 26.5. The van der Waals surface area contributed by atoms with Crippen molar-refractivity contribution in [2.75, 3.05) is 0 Å². The summed E-state index contributed by atoms with van der Waals surface area (Å²) in [5.41, 5.74) is 20.7. The largest absolute Gasteiger partial charge is 0.456 e. The summed E-state index contributed by atoms with van der Waals surface area (Å²) >= 11 is 0. The number of hydrogen-bond donors (Lipinski definition) is 0. The van der Waals surface area contributed by atoms with Crippen LogP contribution < -0.4 is 18.7 Å². The summed E-state index contributed by atoms with van der Waals surface area (Å²) < 4.78 is 40.8. The Morgan fingerprint density at radius 1 is 0.296 bits per heavy atom. The Labute approximate surface area is 608 Å². The number of rotatable bonds is 0. The number of furan rings is 4. The SMILES string of the molecule is [C-]#[N+]c1ccc2c[n+]3n(c2c1[N+]#[C-])-c1c(ccc2c1oc1ccccc12)C3.[C-]#[N+]c1ccc2c[n+]3n(c2c1[N+]#[C-])-c1c(ccc2c1oc1ncccc12)C3.[C-]#[N+]c1ccc2c[n+]3n(c2c1[N+]#[C-])-c1cc2oc4ccccc4c2cc1C3.[C-]#[N+]c1ccc2c[n+]3n(c2c1[N+]#[C-])-c1cc2oc4ncccc4c2cc1C3. The lowest BCUT2D eigenvalue weighted by atomic mass is 10.1. The number of pyridine rings is 2. The van der Waals surface area contributed by atoms with Gasteiger partial charge in [0, 0.05) is 78.7 Å². The molecule has 0 saturated carbocycles. The predicted molar refractivity (Wildman–Crippen MR) is 405 cm³/mol. The van der Waals surface area contributed by atoms with Gasteiger partial charge in [0.15, 0.2) is 71.5 Å². The predicted octanol–water partition coefficient (Wildman–Crippen LogP) is 19.9. The number of para-hydroxylation sites is 2. The van der Waals surface area contributed by atoms with Gasteiger partial charge < -0.3 is 17.7 Å². The van der Waals surface area contributed by atoms with E-state index in [0.717, 1.165) is 166 Å². The van der Waals surface area contributed by atoms with Crippen LogP contribution in [0.3, 0.4) is 0 Å². The summed E-state index contributed by atoms with van der Waals surface area (Å²) in [7, 11) is 0. The van der Waals surface area contributed by atoms with Gasteiger partial charge in [-0.3, -0.25) is 19.4 Å². The van der Waals surface area contributed by atoms with Crippen molar-refractivity contribution in [2.24, 2.45) is 0 Å². The molecule has 0 fully saturated rings. The summed E-state index contributed by atoms with van der Waals surface area (Å²) in [6, 6.07) is 55.1. The van der Waals surface area contributed by atoms with Gasteiger partial charge in [0.25, 0.3) is 0 Å². The van der Waals surface area contributed by atoms with E-state index in [2.05, 4.69) is 116 Å². The van der Waals surface area contributed by atoms with Crippen molar-refractivity contribution in [3.63, 3.8) is 0 Å². The molecule has 10 aromatic carbocycles. The smallest absolute Gasteiger partial charge is 0.227 e. The average molecular weight is 1390 g/mol. The molecule has 14 heterocycles. The molecule has 496 valence electrons. The molecule has 0 amide bonds. The standard InChI is InChI=1S/2C22H11N4O.2C21H10N5O/c1-23-17-10-8-13-11-25-12-14-7-9-16-15-5-3-4-6-18(15)27-22(16)21(14)26(25)20(13)19(17)24-2;1-23-17-8-7-13-11-25-12-14-9-16-15-5-3-4-6-19(15)27-20(16)10-18(14)26(25)22(13)21(17)24-2;1-22-16-8-6-12-10-25-11-13-5-7-14-15-4-3-9-24-21(15)27-20(14)19(13)26(25)18(12)17(16)23-2;1-22-16-6-5-12-10-25-11-13-8-15-14-4-3-7-24-21(14)27-18(15)9-17(13)26(25)20(12)19(16)23-2/h2*3-11H,12H2;2*3-10H,11H2/q4*+1. The third-order valence-corrected chi connectivity index (χ3v) is 20.9. The molecule has 0 radical (unpaired) electrons. The molecule has 24 rings (SSSR count). The minimum atomic E-state index is 0.367. The number of fused-ring (bicyclic) bond motifs is 34. The molecule has 4 aliphatic heterocycles. The summed E-state index contributed by atoms with van der Waals surface area (Å²) in [6.45, 7) is 62.9. The van der Waals surface area contributed by atoms with E-state index in [0.29, 0.717) is 76.6 Å². The highest BCUT2D eigenvalue weighted by Gasteiger charge is 2.38. The fraction of sp³-hybridized carbons (Fsp3) is 0.0465. The van der Waals surface area contributed by atoms with Crippen LogP contribution in [0.25, 0.3) is 193 Å². The Bertz CT molecular complexity index is 7500. The van der Waals surface area contributed by atoms with Crippen LogP contribution in [0.5, 0.6) is 0 Å². The highest BCUT2D eigenvalue weighted by atomic mass is 16.3. The van der Waals surface area contributed by atoms with Crippen molar-refractivity contribution in [2.45, 2.75) is 26.2 Å². The van der Waals surface area contributed by atoms with Gasteiger partial charge in [-0.25, -0.2) is 29.3 Å². The summed E-state index contributed by atoms with van der Waals surface area (Å²) in [5.74, 6) is 0. The second-order valence-corrected chi connectivity index (χ2v) is 26.5. The summed E-state index contributed by atoms with van der Waals surface area (Å²) in [4.78, 5) is 37.4. The zero-order valence-electron chi connectivity index (χ0n) is 56.1. The molecule has 22 heteroatoms. The van der Waals surface area contributed by atoms with Crippen molar-refractivity contribution in [3.05, 3.63) is 321 Å². The van der Waals surface area contributed by atoms with Crippen LogP contribution >= 0.6 is 0 Å². The third kappa shape index (κ3) is 8.36. The number of hydrogen-bond acceptors (Lipinski definition) is 6. The topological polar surface area (TPSA) is 148 Å². The summed E-state index contributed by atoms with van der Waals surface area (Å²) in [6.07, 6.45) is 11.6. The molecule has 0 saturated heterocycles. The molecular formula is C86H42N18O4+4. The molecule has 10 aromatic heterocycles. The van der Waals surface area contributed by atoms with Gasteiger partial charge >= 0.3 is 0 Å². The van der Waals surface area contributed by atoms with Crippen LogP contribution in [-0.4, -0.2) is 28.7 Å². The van der Waals surface area contributed by atoms with Crippen molar-refractivity contribution in [3.8, 4) is 22.7 Å². The van der Waals surface area contributed by atoms with Crippen LogP contribution in [0.15, 0.2) is 225 Å². The molecule has 0 aliphatic carbocycles. The lowest BCUT2D eigenvalue weighted by Crippen LogP contribution is -2.36. The molecule has 20 aromatic rings. The van der Waals surface area contributed by atoms with Crippen LogP contribution in [0.1, 0.15) is 22.3 Å². The molecule has 0 spiro atoms. The van der Waals surface area contributed by atoms with E-state index in [1.165, 1.54) is 5.56 Å². The Morgan fingerprint density at radius 3 is 1.12 bits per heavy atom. The first-order valence-corrected chi connectivity index (χ1v) is 34.0. The molecule has 0 atom stereocenters. The quantitative estimate of drug-likeness (QED) is 0.109. The maximum Gasteiger partial charge on any atom is 0.227 e. The lowest BCUT2D eigenvalue weighted by molar-refractivity contribution is -0.749. The van der Waals surface area contributed by atoms with E-state index in [-0.39, 0.29) is 0 Å². The van der Waals surface area contributed by atoms with Crippen LogP contribution in [0.2, 0.25) is 0 Å². The van der Waals surface area contributed by atoms with E-state index in [1.54, 1.807) is 36.7 Å². The molecule has 4 aliphatic rings. The first kappa shape index (κ1) is 60.3. The molecule has 22 nitrogen and oxygen atoms in total. The molecule has 108 heavy (non-hydrogen) atoms. The van der Waals surface area contributed by atoms with Gasteiger partial charge in [-0.1, -0.05) is 84.9 Å². The number of aromatic nitrogens is 10. The van der Waals surface area contributed by atoms with E-state index < -0.39 is 0 Å². The Balaban J connectivity index is 0.0000000919. The van der Waals surface area contributed by atoms with Crippen molar-refractivity contribution in [1.29, 1.82) is 0 Å². The minimum absolute atomic E-state index is 0.367. The Kier molecular flexibility index (Phi) is 12.6. The van der Waals surface area contributed by atoms with Crippen LogP contribution in [0.4, 0.5) is 45.5 Å². The molecule has 0 unspecified atom stereocenters. The van der Waals surface area contributed by atoms with Crippen molar-refractivity contribution >= 4 is 177 Å². The van der Waals surface area contributed by atoms with Crippen LogP contribution in [-0.2, 0) is 26.2 Å². The van der Waals surface area contributed by atoms with Crippen LogP contribution in [0, 0.1) is 52.6 Å². The molecular weight excluding hydrogens is 1350 g/mol. The number of nitrogens with zero attached hydrogens (tertiary/aromatic N) is 18. The summed E-state index contributed by atoms with van der Waals surface area (Å²) in [5, 5.41) is 12.2. The van der Waals surface area contributed by atoms with Crippen molar-refractivity contribution in [1.82, 2.24) is 28.7 Å². The zero-order chi connectivity index (χ0) is 72.5. The number of benzene rings is 10.